The predicted molar refractivity (Wildman–Crippen MR) is 142 cm³/mol. The average Bonchev–Trinajstić information content (AvgIpc) is 3.37. The second-order valence-electron chi connectivity index (χ2n) is 8.88. The number of carbonyl (C=O) groups is 1. The first-order valence-electron chi connectivity index (χ1n) is 11.4. The molecule has 0 saturated carbocycles. The first kappa shape index (κ1) is 21.4. The molecule has 0 radical (unpaired) electrons. The zero-order valence-corrected chi connectivity index (χ0v) is 20.4. The summed E-state index contributed by atoms with van der Waals surface area (Å²) >= 11 is 1.62. The lowest BCUT2D eigenvalue weighted by Gasteiger charge is -2.10. The highest BCUT2D eigenvalue weighted by Crippen LogP contribution is 2.47. The lowest BCUT2D eigenvalue weighted by Crippen LogP contribution is -2.05. The number of nitrogens with two attached hydrogens (primary N) is 1. The van der Waals surface area contributed by atoms with Crippen molar-refractivity contribution in [3.8, 4) is 43.5 Å². The third-order valence-corrected chi connectivity index (χ3v) is 7.60. The molecule has 0 saturated heterocycles. The molecule has 170 valence electrons. The van der Waals surface area contributed by atoms with E-state index in [4.69, 9.17) is 10.7 Å². The van der Waals surface area contributed by atoms with E-state index in [1.165, 1.54) is 5.56 Å². The molecule has 0 bridgehead atoms. The molecule has 2 N–H and O–H groups in total. The van der Waals surface area contributed by atoms with Gasteiger partial charge in [0.05, 0.1) is 27.5 Å². The minimum atomic E-state index is -0.0756. The van der Waals surface area contributed by atoms with Gasteiger partial charge in [0.1, 0.15) is 5.01 Å². The van der Waals surface area contributed by atoms with Crippen molar-refractivity contribution in [1.82, 2.24) is 15.0 Å². The number of benzene rings is 3. The Morgan fingerprint density at radius 3 is 1.97 bits per heavy atom. The van der Waals surface area contributed by atoms with Crippen LogP contribution in [0.25, 0.3) is 43.5 Å². The predicted octanol–water partition coefficient (Wildman–Crippen LogP) is 6.65. The maximum absolute atomic E-state index is 13.7. The number of anilines is 1. The van der Waals surface area contributed by atoms with Gasteiger partial charge < -0.3 is 5.73 Å². The molecule has 2 aromatic heterocycles. The Balaban J connectivity index is 1.56. The lowest BCUT2D eigenvalue weighted by atomic mass is 10.0. The number of nitrogen functional groups attached to an aromatic ring is 1. The van der Waals surface area contributed by atoms with Gasteiger partial charge in [0.25, 0.3) is 0 Å². The number of ketones is 1. The molecule has 0 amide bonds. The molecule has 35 heavy (non-hydrogen) atoms. The minimum Gasteiger partial charge on any atom is -0.368 e. The molecule has 5 aromatic rings. The SMILES string of the molecule is Cc1ccc(-c2nc(C)c(-c3cccc4c3-c3nc(N)nc(-c5ccc(C)cc5)c3C4=O)s2)cc1. The molecule has 0 aliphatic heterocycles. The summed E-state index contributed by atoms with van der Waals surface area (Å²) in [5, 5.41) is 0.946. The maximum atomic E-state index is 13.7. The summed E-state index contributed by atoms with van der Waals surface area (Å²) in [7, 11) is 0. The fourth-order valence-electron chi connectivity index (χ4n) is 4.58. The average molecular weight is 475 g/mol. The first-order chi connectivity index (χ1) is 16.9. The molecular weight excluding hydrogens is 452 g/mol. The highest BCUT2D eigenvalue weighted by molar-refractivity contribution is 7.18. The van der Waals surface area contributed by atoms with E-state index in [-0.39, 0.29) is 11.7 Å². The molecule has 6 rings (SSSR count). The first-order valence-corrected chi connectivity index (χ1v) is 12.2. The molecule has 6 heteroatoms. The van der Waals surface area contributed by atoms with Crippen LogP contribution in [0.2, 0.25) is 0 Å². The van der Waals surface area contributed by atoms with Crippen molar-refractivity contribution < 1.29 is 4.79 Å². The fourth-order valence-corrected chi connectivity index (χ4v) is 5.68. The molecule has 1 aliphatic carbocycles. The molecule has 1 aliphatic rings. The number of carbonyl (C=O) groups excluding carboxylic acids is 1. The summed E-state index contributed by atoms with van der Waals surface area (Å²) < 4.78 is 0. The number of thiazole rings is 1. The van der Waals surface area contributed by atoms with E-state index in [1.54, 1.807) is 11.3 Å². The molecule has 0 atom stereocenters. The number of aromatic nitrogens is 3. The van der Waals surface area contributed by atoms with Gasteiger partial charge in [0.15, 0.2) is 5.78 Å². The van der Waals surface area contributed by atoms with Crippen molar-refractivity contribution in [2.24, 2.45) is 0 Å². The van der Waals surface area contributed by atoms with E-state index in [2.05, 4.69) is 41.2 Å². The van der Waals surface area contributed by atoms with Crippen LogP contribution in [0.3, 0.4) is 0 Å². The normalized spacial score (nSPS) is 12.0. The van der Waals surface area contributed by atoms with Gasteiger partial charge in [-0.15, -0.1) is 11.3 Å². The lowest BCUT2D eigenvalue weighted by molar-refractivity contribution is 0.104. The molecular formula is C29H22N4OS. The summed E-state index contributed by atoms with van der Waals surface area (Å²) in [6, 6.07) is 22.1. The van der Waals surface area contributed by atoms with Gasteiger partial charge in [0, 0.05) is 27.8 Å². The van der Waals surface area contributed by atoms with Crippen LogP contribution in [0.5, 0.6) is 0 Å². The van der Waals surface area contributed by atoms with Crippen molar-refractivity contribution in [2.45, 2.75) is 20.8 Å². The zero-order chi connectivity index (χ0) is 24.3. The molecule has 2 heterocycles. The van der Waals surface area contributed by atoms with E-state index in [0.717, 1.165) is 43.4 Å². The van der Waals surface area contributed by atoms with E-state index < -0.39 is 0 Å². The van der Waals surface area contributed by atoms with Crippen LogP contribution in [0, 0.1) is 20.8 Å². The van der Waals surface area contributed by atoms with Crippen molar-refractivity contribution >= 4 is 23.1 Å². The van der Waals surface area contributed by atoms with Crippen molar-refractivity contribution in [3.05, 3.63) is 94.7 Å². The number of rotatable bonds is 3. The second-order valence-corrected chi connectivity index (χ2v) is 9.88. The molecule has 5 nitrogen and oxygen atoms in total. The Kier molecular flexibility index (Phi) is 4.86. The van der Waals surface area contributed by atoms with Gasteiger partial charge in [-0.05, 0) is 20.8 Å². The summed E-state index contributed by atoms with van der Waals surface area (Å²) in [5.74, 6) is 0.0736. The van der Waals surface area contributed by atoms with E-state index >= 15 is 0 Å². The largest absolute Gasteiger partial charge is 0.368 e. The maximum Gasteiger partial charge on any atom is 0.221 e. The van der Waals surface area contributed by atoms with Gasteiger partial charge in [-0.1, -0.05) is 77.9 Å². The number of hydrogen-bond acceptors (Lipinski definition) is 6. The van der Waals surface area contributed by atoms with Crippen molar-refractivity contribution in [3.63, 3.8) is 0 Å². The smallest absolute Gasteiger partial charge is 0.221 e. The molecule has 3 aromatic carbocycles. The molecule has 0 fully saturated rings. The van der Waals surface area contributed by atoms with Crippen LogP contribution in [-0.4, -0.2) is 20.7 Å². The van der Waals surface area contributed by atoms with Crippen molar-refractivity contribution in [2.75, 3.05) is 5.73 Å². The monoisotopic (exact) mass is 474 g/mol. The van der Waals surface area contributed by atoms with Gasteiger partial charge in [-0.2, -0.15) is 0 Å². The highest BCUT2D eigenvalue weighted by atomic mass is 32.1. The topological polar surface area (TPSA) is 81.8 Å². The highest BCUT2D eigenvalue weighted by Gasteiger charge is 2.35. The molecule has 0 unspecified atom stereocenters. The standard InChI is InChI=1S/C29H22N4OS/c1-15-7-11-18(12-8-15)24-23-25(33-29(30)32-24)22-20(26(23)34)5-4-6-21(22)27-17(3)31-28(35-27)19-13-9-16(2)10-14-19/h4-14H,1-3H3,(H2,30,32,33). The summed E-state index contributed by atoms with van der Waals surface area (Å²) in [4.78, 5) is 28.6. The van der Waals surface area contributed by atoms with Crippen LogP contribution in [0.4, 0.5) is 5.95 Å². The van der Waals surface area contributed by atoms with Gasteiger partial charge >= 0.3 is 0 Å². The second kappa shape index (κ2) is 7.96. The van der Waals surface area contributed by atoms with Crippen LogP contribution in [0.1, 0.15) is 32.7 Å². The summed E-state index contributed by atoms with van der Waals surface area (Å²) in [6.07, 6.45) is 0. The number of fused-ring (bicyclic) bond motifs is 3. The van der Waals surface area contributed by atoms with E-state index in [9.17, 15) is 4.79 Å². The van der Waals surface area contributed by atoms with Crippen LogP contribution in [0.15, 0.2) is 66.7 Å². The number of nitrogens with zero attached hydrogens (tertiary/aromatic N) is 3. The minimum absolute atomic E-state index is 0.0756. The van der Waals surface area contributed by atoms with Gasteiger partial charge in [-0.25, -0.2) is 15.0 Å². The third-order valence-electron chi connectivity index (χ3n) is 6.36. The Bertz CT molecular complexity index is 1630. The number of hydrogen-bond donors (Lipinski definition) is 1. The Labute approximate surface area is 207 Å². The third kappa shape index (κ3) is 3.45. The Hall–Kier alpha value is -4.16. The Morgan fingerprint density at radius 2 is 1.29 bits per heavy atom. The summed E-state index contributed by atoms with van der Waals surface area (Å²) in [5.41, 5.74) is 15.4. The van der Waals surface area contributed by atoms with Crippen LogP contribution in [-0.2, 0) is 0 Å². The van der Waals surface area contributed by atoms with Gasteiger partial charge in [0.2, 0.25) is 5.95 Å². The number of aryl methyl sites for hydroxylation is 3. The zero-order valence-electron chi connectivity index (χ0n) is 19.6. The molecule has 0 spiro atoms. The van der Waals surface area contributed by atoms with Crippen molar-refractivity contribution in [1.29, 1.82) is 0 Å². The van der Waals surface area contributed by atoms with Crippen LogP contribution >= 0.6 is 11.3 Å². The summed E-state index contributed by atoms with van der Waals surface area (Å²) in [6.45, 7) is 6.10. The van der Waals surface area contributed by atoms with Gasteiger partial charge in [-0.3, -0.25) is 4.79 Å². The quantitative estimate of drug-likeness (QED) is 0.310. The van der Waals surface area contributed by atoms with Crippen LogP contribution < -0.4 is 5.73 Å². The van der Waals surface area contributed by atoms with E-state index in [1.807, 2.05) is 56.3 Å². The Morgan fingerprint density at radius 1 is 0.686 bits per heavy atom. The van der Waals surface area contributed by atoms with E-state index in [0.29, 0.717) is 22.5 Å². The fraction of sp³-hybridized carbons (Fsp3) is 0.103.